The van der Waals surface area contributed by atoms with Crippen LogP contribution in [-0.4, -0.2) is 4.98 Å². The Morgan fingerprint density at radius 3 is 2.18 bits per heavy atom. The molecule has 1 aromatic heterocycles. The Morgan fingerprint density at radius 1 is 0.909 bits per heavy atom. The van der Waals surface area contributed by atoms with Crippen molar-refractivity contribution in [3.05, 3.63) is 65.0 Å². The summed E-state index contributed by atoms with van der Waals surface area (Å²) in [5, 5.41) is 4.99. The molecule has 0 fully saturated rings. The molecule has 0 saturated carbocycles. The highest BCUT2D eigenvalue weighted by atomic mass is 32.1. The fourth-order valence-electron chi connectivity index (χ4n) is 1.82. The number of aromatic nitrogens is 1. The number of thiazole rings is 1. The Kier molecular flexibility index (Phi) is 3.81. The topological polar surface area (TPSA) is 24.9 Å². The number of halogens is 4. The fraction of sp³-hybridized carbons (Fsp3) is 0. The van der Waals surface area contributed by atoms with Gasteiger partial charge in [0, 0.05) is 16.6 Å². The third-order valence-electron chi connectivity index (χ3n) is 2.88. The second-order valence-corrected chi connectivity index (χ2v) is 5.28. The molecule has 0 atom stereocenters. The van der Waals surface area contributed by atoms with Crippen molar-refractivity contribution in [2.45, 2.75) is 0 Å². The third-order valence-corrected chi connectivity index (χ3v) is 3.64. The van der Waals surface area contributed by atoms with Gasteiger partial charge in [-0.1, -0.05) is 0 Å². The zero-order chi connectivity index (χ0) is 15.7. The molecule has 0 radical (unpaired) electrons. The largest absolute Gasteiger partial charge is 0.332 e. The number of nitrogens with one attached hydrogen (secondary N) is 1. The van der Waals surface area contributed by atoms with Crippen molar-refractivity contribution in [3.63, 3.8) is 0 Å². The van der Waals surface area contributed by atoms with Crippen molar-refractivity contribution >= 4 is 22.2 Å². The van der Waals surface area contributed by atoms with Crippen LogP contribution in [0.25, 0.3) is 11.3 Å². The molecule has 0 unspecified atom stereocenters. The van der Waals surface area contributed by atoms with E-state index < -0.39 is 17.5 Å². The molecule has 0 amide bonds. The lowest BCUT2D eigenvalue weighted by atomic mass is 10.1. The first-order chi connectivity index (χ1) is 10.5. The summed E-state index contributed by atoms with van der Waals surface area (Å²) < 4.78 is 52.2. The molecule has 2 nitrogen and oxygen atoms in total. The molecule has 1 N–H and O–H groups in total. The van der Waals surface area contributed by atoms with E-state index in [0.717, 1.165) is 12.1 Å². The van der Waals surface area contributed by atoms with Crippen molar-refractivity contribution in [3.8, 4) is 11.3 Å². The molecule has 0 spiro atoms. The van der Waals surface area contributed by atoms with Crippen molar-refractivity contribution in [1.82, 2.24) is 4.98 Å². The van der Waals surface area contributed by atoms with Crippen LogP contribution in [0.1, 0.15) is 0 Å². The molecule has 0 saturated heterocycles. The van der Waals surface area contributed by atoms with Crippen LogP contribution in [0.4, 0.5) is 28.4 Å². The van der Waals surface area contributed by atoms with Crippen LogP contribution in [0.5, 0.6) is 0 Å². The minimum Gasteiger partial charge on any atom is -0.332 e. The van der Waals surface area contributed by atoms with Gasteiger partial charge in [-0.05, 0) is 36.4 Å². The van der Waals surface area contributed by atoms with Crippen LogP contribution in [-0.2, 0) is 0 Å². The van der Waals surface area contributed by atoms with Gasteiger partial charge in [0.2, 0.25) is 0 Å². The zero-order valence-electron chi connectivity index (χ0n) is 10.9. The summed E-state index contributed by atoms with van der Waals surface area (Å²) in [5.41, 5.74) is 1.07. The first kappa shape index (κ1) is 14.5. The summed E-state index contributed by atoms with van der Waals surface area (Å²) in [7, 11) is 0. The van der Waals surface area contributed by atoms with Gasteiger partial charge in [0.05, 0.1) is 5.69 Å². The minimum absolute atomic E-state index is 0.139. The van der Waals surface area contributed by atoms with Crippen LogP contribution in [0.15, 0.2) is 41.8 Å². The summed E-state index contributed by atoms with van der Waals surface area (Å²) in [5.74, 6) is -4.40. The number of nitrogens with zero attached hydrogens (tertiary/aromatic N) is 1. The van der Waals surface area contributed by atoms with Gasteiger partial charge in [0.15, 0.2) is 22.6 Å². The number of rotatable bonds is 3. The maximum atomic E-state index is 13.2. The predicted molar refractivity (Wildman–Crippen MR) is 77.1 cm³/mol. The molecule has 3 rings (SSSR count). The molecular formula is C15H8F4N2S. The molecule has 0 bridgehead atoms. The maximum Gasteiger partial charge on any atom is 0.194 e. The highest BCUT2D eigenvalue weighted by molar-refractivity contribution is 7.14. The molecule has 7 heteroatoms. The van der Waals surface area contributed by atoms with Gasteiger partial charge in [0.25, 0.3) is 0 Å². The molecule has 3 aromatic rings. The van der Waals surface area contributed by atoms with Gasteiger partial charge >= 0.3 is 0 Å². The van der Waals surface area contributed by atoms with Crippen molar-refractivity contribution in [2.75, 3.05) is 5.32 Å². The Labute approximate surface area is 127 Å². The van der Waals surface area contributed by atoms with Crippen LogP contribution in [0.3, 0.4) is 0 Å². The summed E-state index contributed by atoms with van der Waals surface area (Å²) in [6, 6.07) is 7.43. The summed E-state index contributed by atoms with van der Waals surface area (Å²) in [6.07, 6.45) is 0. The van der Waals surface area contributed by atoms with E-state index in [4.69, 9.17) is 0 Å². The quantitative estimate of drug-likeness (QED) is 0.535. The second-order valence-electron chi connectivity index (χ2n) is 4.42. The van der Waals surface area contributed by atoms with E-state index in [0.29, 0.717) is 16.5 Å². The average molecular weight is 324 g/mol. The lowest BCUT2D eigenvalue weighted by Gasteiger charge is -2.02. The Balaban J connectivity index is 1.86. The molecule has 0 aliphatic carbocycles. The zero-order valence-corrected chi connectivity index (χ0v) is 11.7. The van der Waals surface area contributed by atoms with Gasteiger partial charge in [-0.2, -0.15) is 0 Å². The average Bonchev–Trinajstić information content (AvgIpc) is 2.95. The lowest BCUT2D eigenvalue weighted by Crippen LogP contribution is -1.93. The molecule has 112 valence electrons. The smallest absolute Gasteiger partial charge is 0.194 e. The monoisotopic (exact) mass is 324 g/mol. The van der Waals surface area contributed by atoms with Crippen molar-refractivity contribution < 1.29 is 17.6 Å². The highest BCUT2D eigenvalue weighted by Gasteiger charge is 2.13. The second kappa shape index (κ2) is 5.76. The van der Waals surface area contributed by atoms with Crippen molar-refractivity contribution in [1.29, 1.82) is 0 Å². The van der Waals surface area contributed by atoms with Crippen molar-refractivity contribution in [2.24, 2.45) is 0 Å². The first-order valence-electron chi connectivity index (χ1n) is 6.16. The van der Waals surface area contributed by atoms with E-state index >= 15 is 0 Å². The van der Waals surface area contributed by atoms with Crippen LogP contribution in [0, 0.1) is 23.3 Å². The van der Waals surface area contributed by atoms with Gasteiger partial charge in [-0.25, -0.2) is 22.5 Å². The minimum atomic E-state index is -1.51. The maximum absolute atomic E-state index is 13.2. The Morgan fingerprint density at radius 2 is 1.55 bits per heavy atom. The molecule has 22 heavy (non-hydrogen) atoms. The molecular weight excluding hydrogens is 316 g/mol. The molecule has 0 aliphatic heterocycles. The number of benzene rings is 2. The highest BCUT2D eigenvalue weighted by Crippen LogP contribution is 2.29. The molecule has 1 heterocycles. The van der Waals surface area contributed by atoms with E-state index in [1.165, 1.54) is 35.6 Å². The van der Waals surface area contributed by atoms with Gasteiger partial charge in [0.1, 0.15) is 5.82 Å². The first-order valence-corrected chi connectivity index (χ1v) is 7.04. The summed E-state index contributed by atoms with van der Waals surface area (Å²) in [4.78, 5) is 4.17. The Hall–Kier alpha value is -2.41. The number of anilines is 2. The third kappa shape index (κ3) is 2.94. The summed E-state index contributed by atoms with van der Waals surface area (Å²) in [6.45, 7) is 0. The lowest BCUT2D eigenvalue weighted by molar-refractivity contribution is 0.447. The van der Waals surface area contributed by atoms with Gasteiger partial charge in [-0.15, -0.1) is 11.3 Å². The predicted octanol–water partition coefficient (Wildman–Crippen LogP) is 5.11. The molecule has 0 aliphatic rings. The summed E-state index contributed by atoms with van der Waals surface area (Å²) >= 11 is 1.20. The Bertz CT molecular complexity index is 792. The van der Waals surface area contributed by atoms with Crippen LogP contribution >= 0.6 is 11.3 Å². The van der Waals surface area contributed by atoms with Gasteiger partial charge < -0.3 is 5.32 Å². The number of hydrogen-bond donors (Lipinski definition) is 1. The van der Waals surface area contributed by atoms with E-state index in [1.54, 1.807) is 5.38 Å². The normalized spacial score (nSPS) is 10.7. The van der Waals surface area contributed by atoms with Gasteiger partial charge in [-0.3, -0.25) is 0 Å². The molecule has 2 aromatic carbocycles. The van der Waals surface area contributed by atoms with E-state index in [2.05, 4.69) is 10.3 Å². The standard InChI is InChI=1S/C15H8F4N2S/c16-9-1-3-10(4-2-9)20-15-21-13(7-22-15)8-5-11(17)14(19)12(18)6-8/h1-7H,(H,20,21). The van der Waals surface area contributed by atoms with Crippen LogP contribution < -0.4 is 5.32 Å². The number of hydrogen-bond acceptors (Lipinski definition) is 3. The van der Waals surface area contributed by atoms with E-state index in [1.807, 2.05) is 0 Å². The fourth-order valence-corrected chi connectivity index (χ4v) is 2.56. The van der Waals surface area contributed by atoms with E-state index in [-0.39, 0.29) is 11.4 Å². The van der Waals surface area contributed by atoms with Crippen LogP contribution in [0.2, 0.25) is 0 Å². The van der Waals surface area contributed by atoms with E-state index in [9.17, 15) is 17.6 Å². The SMILES string of the molecule is Fc1ccc(Nc2nc(-c3cc(F)c(F)c(F)c3)cs2)cc1.